The van der Waals surface area contributed by atoms with Crippen molar-refractivity contribution in [3.63, 3.8) is 0 Å². The lowest BCUT2D eigenvalue weighted by Gasteiger charge is -2.25. The Morgan fingerprint density at radius 2 is 2.16 bits per heavy atom. The molecule has 5 heteroatoms. The van der Waals surface area contributed by atoms with Crippen LogP contribution in [0.2, 0.25) is 5.02 Å². The second-order valence-electron chi connectivity index (χ2n) is 5.00. The molecule has 1 aromatic heterocycles. The molecule has 4 nitrogen and oxygen atoms in total. The first-order valence-corrected chi connectivity index (χ1v) is 6.82. The number of rotatable bonds is 2. The number of aromatic nitrogens is 1. The second kappa shape index (κ2) is 4.85. The second-order valence-corrected chi connectivity index (χ2v) is 5.44. The van der Waals surface area contributed by atoms with Crippen LogP contribution in [0.3, 0.4) is 0 Å². The number of carboxylic acid groups (broad SMARTS) is 1. The highest BCUT2D eigenvalue weighted by molar-refractivity contribution is 6.31. The van der Waals surface area contributed by atoms with Crippen LogP contribution >= 0.6 is 11.6 Å². The van der Waals surface area contributed by atoms with Crippen LogP contribution in [0.5, 0.6) is 0 Å². The molecule has 0 saturated heterocycles. The van der Waals surface area contributed by atoms with Gasteiger partial charge >= 0.3 is 5.97 Å². The van der Waals surface area contributed by atoms with Crippen LogP contribution in [0.1, 0.15) is 37.5 Å². The van der Waals surface area contributed by atoms with E-state index in [2.05, 4.69) is 4.98 Å². The summed E-state index contributed by atoms with van der Waals surface area (Å²) in [6.07, 6.45) is 3.49. The molecule has 100 valence electrons. The van der Waals surface area contributed by atoms with Crippen molar-refractivity contribution in [1.82, 2.24) is 4.98 Å². The van der Waals surface area contributed by atoms with Crippen LogP contribution in [0.15, 0.2) is 22.6 Å². The molecule has 1 heterocycles. The van der Waals surface area contributed by atoms with E-state index in [0.29, 0.717) is 22.9 Å². The van der Waals surface area contributed by atoms with Gasteiger partial charge in [-0.3, -0.25) is 4.79 Å². The zero-order valence-electron chi connectivity index (χ0n) is 10.3. The number of hydrogen-bond acceptors (Lipinski definition) is 3. The minimum absolute atomic E-state index is 0.127. The Kier molecular flexibility index (Phi) is 3.19. The molecule has 1 aromatic carbocycles. The highest BCUT2D eigenvalue weighted by Crippen LogP contribution is 2.38. The van der Waals surface area contributed by atoms with Crippen molar-refractivity contribution in [2.75, 3.05) is 0 Å². The Morgan fingerprint density at radius 3 is 2.95 bits per heavy atom. The maximum absolute atomic E-state index is 11.3. The summed E-state index contributed by atoms with van der Waals surface area (Å²) in [5, 5.41) is 9.89. The van der Waals surface area contributed by atoms with E-state index >= 15 is 0 Å². The number of carboxylic acids is 1. The third-order valence-corrected chi connectivity index (χ3v) is 4.00. The van der Waals surface area contributed by atoms with Gasteiger partial charge in [-0.1, -0.05) is 24.4 Å². The first kappa shape index (κ1) is 12.5. The van der Waals surface area contributed by atoms with Gasteiger partial charge in [0.1, 0.15) is 5.52 Å². The smallest absolute Gasteiger partial charge is 0.307 e. The molecule has 2 atom stereocenters. The van der Waals surface area contributed by atoms with Gasteiger partial charge in [0.15, 0.2) is 11.5 Å². The Bertz CT molecular complexity index is 622. The molecule has 1 saturated carbocycles. The molecule has 3 rings (SSSR count). The molecule has 1 aliphatic rings. The van der Waals surface area contributed by atoms with E-state index in [1.54, 1.807) is 18.2 Å². The zero-order chi connectivity index (χ0) is 13.4. The van der Waals surface area contributed by atoms with Crippen LogP contribution in [0, 0.1) is 5.92 Å². The summed E-state index contributed by atoms with van der Waals surface area (Å²) in [6, 6.07) is 5.26. The Labute approximate surface area is 115 Å². The van der Waals surface area contributed by atoms with Crippen LogP contribution in [-0.4, -0.2) is 16.1 Å². The third kappa shape index (κ3) is 2.32. The van der Waals surface area contributed by atoms with E-state index < -0.39 is 11.9 Å². The molecular weight excluding hydrogens is 266 g/mol. The van der Waals surface area contributed by atoms with Crippen LogP contribution in [-0.2, 0) is 4.79 Å². The summed E-state index contributed by atoms with van der Waals surface area (Å²) in [6.45, 7) is 0. The molecule has 1 fully saturated rings. The van der Waals surface area contributed by atoms with Gasteiger partial charge in [0, 0.05) is 17.0 Å². The van der Waals surface area contributed by atoms with Crippen molar-refractivity contribution in [2.24, 2.45) is 5.92 Å². The van der Waals surface area contributed by atoms with Crippen LogP contribution < -0.4 is 0 Å². The van der Waals surface area contributed by atoms with Crippen LogP contribution in [0.25, 0.3) is 11.1 Å². The number of oxazole rings is 1. The SMILES string of the molecule is O=C(O)C1CCCCC1c1nc2ccc(Cl)cc2o1. The molecule has 0 aliphatic heterocycles. The molecule has 2 unspecified atom stereocenters. The summed E-state index contributed by atoms with van der Waals surface area (Å²) < 4.78 is 5.71. The number of benzene rings is 1. The maximum atomic E-state index is 11.3. The summed E-state index contributed by atoms with van der Waals surface area (Å²) in [4.78, 5) is 15.7. The number of nitrogens with zero attached hydrogens (tertiary/aromatic N) is 1. The molecule has 19 heavy (non-hydrogen) atoms. The van der Waals surface area contributed by atoms with Gasteiger partial charge in [-0.2, -0.15) is 0 Å². The summed E-state index contributed by atoms with van der Waals surface area (Å²) in [5.74, 6) is -0.746. The van der Waals surface area contributed by atoms with Gasteiger partial charge in [0.2, 0.25) is 0 Å². The van der Waals surface area contributed by atoms with E-state index in [1.807, 2.05) is 0 Å². The highest BCUT2D eigenvalue weighted by Gasteiger charge is 2.35. The fourth-order valence-corrected chi connectivity index (χ4v) is 2.96. The first-order valence-electron chi connectivity index (χ1n) is 6.44. The van der Waals surface area contributed by atoms with Gasteiger partial charge in [-0.15, -0.1) is 0 Å². The Hall–Kier alpha value is -1.55. The van der Waals surface area contributed by atoms with E-state index in [9.17, 15) is 9.90 Å². The Morgan fingerprint density at radius 1 is 1.37 bits per heavy atom. The van der Waals surface area contributed by atoms with Crippen LogP contribution in [0.4, 0.5) is 0 Å². The largest absolute Gasteiger partial charge is 0.481 e. The van der Waals surface area contributed by atoms with E-state index in [0.717, 1.165) is 24.8 Å². The summed E-state index contributed by atoms with van der Waals surface area (Å²) >= 11 is 5.91. The quantitative estimate of drug-likeness (QED) is 0.907. The van der Waals surface area contributed by atoms with Gasteiger partial charge in [-0.05, 0) is 25.0 Å². The molecule has 0 bridgehead atoms. The lowest BCUT2D eigenvalue weighted by molar-refractivity contribution is -0.143. The predicted octanol–water partition coefficient (Wildman–Crippen LogP) is 3.84. The van der Waals surface area contributed by atoms with Crippen molar-refractivity contribution in [2.45, 2.75) is 31.6 Å². The van der Waals surface area contributed by atoms with Gasteiger partial charge < -0.3 is 9.52 Å². The standard InChI is InChI=1S/C14H14ClNO3/c15-8-5-6-11-12(7-8)19-13(16-11)9-3-1-2-4-10(9)14(17)18/h5-7,9-10H,1-4H2,(H,17,18). The first-order chi connectivity index (χ1) is 9.15. The van der Waals surface area contributed by atoms with Gasteiger partial charge in [0.25, 0.3) is 0 Å². The maximum Gasteiger partial charge on any atom is 0.307 e. The molecular formula is C14H14ClNO3. The minimum Gasteiger partial charge on any atom is -0.481 e. The average molecular weight is 280 g/mol. The topological polar surface area (TPSA) is 63.3 Å². The van der Waals surface area contributed by atoms with Crippen molar-refractivity contribution in [1.29, 1.82) is 0 Å². The molecule has 1 N–H and O–H groups in total. The zero-order valence-corrected chi connectivity index (χ0v) is 11.1. The molecule has 2 aromatic rings. The van der Waals surface area contributed by atoms with E-state index in [4.69, 9.17) is 16.0 Å². The third-order valence-electron chi connectivity index (χ3n) is 3.77. The minimum atomic E-state index is -0.759. The molecule has 0 radical (unpaired) electrons. The number of hydrogen-bond donors (Lipinski definition) is 1. The van der Waals surface area contributed by atoms with E-state index in [-0.39, 0.29) is 5.92 Å². The molecule has 0 amide bonds. The number of fused-ring (bicyclic) bond motifs is 1. The monoisotopic (exact) mass is 279 g/mol. The van der Waals surface area contributed by atoms with Crippen molar-refractivity contribution in [3.8, 4) is 0 Å². The normalized spacial score (nSPS) is 23.6. The number of aliphatic carboxylic acids is 1. The molecule has 0 spiro atoms. The predicted molar refractivity (Wildman–Crippen MR) is 71.4 cm³/mol. The van der Waals surface area contributed by atoms with Gasteiger partial charge in [-0.25, -0.2) is 4.98 Å². The average Bonchev–Trinajstić information content (AvgIpc) is 2.81. The van der Waals surface area contributed by atoms with Crippen molar-refractivity contribution < 1.29 is 14.3 Å². The fourth-order valence-electron chi connectivity index (χ4n) is 2.80. The Balaban J connectivity index is 1.99. The summed E-state index contributed by atoms with van der Waals surface area (Å²) in [7, 11) is 0. The lowest BCUT2D eigenvalue weighted by Crippen LogP contribution is -2.25. The number of halogens is 1. The van der Waals surface area contributed by atoms with Gasteiger partial charge in [0.05, 0.1) is 5.92 Å². The van der Waals surface area contributed by atoms with E-state index in [1.165, 1.54) is 0 Å². The fraction of sp³-hybridized carbons (Fsp3) is 0.429. The lowest BCUT2D eigenvalue weighted by atomic mass is 9.79. The molecule has 1 aliphatic carbocycles. The van der Waals surface area contributed by atoms with Crippen molar-refractivity contribution in [3.05, 3.63) is 29.1 Å². The van der Waals surface area contributed by atoms with Crippen molar-refractivity contribution >= 4 is 28.7 Å². The summed E-state index contributed by atoms with van der Waals surface area (Å²) in [5.41, 5.74) is 1.35. The number of carbonyl (C=O) groups is 1. The highest BCUT2D eigenvalue weighted by atomic mass is 35.5.